The van der Waals surface area contributed by atoms with Gasteiger partial charge in [0.25, 0.3) is 5.91 Å². The van der Waals surface area contributed by atoms with Gasteiger partial charge in [0.05, 0.1) is 23.8 Å². The molecule has 1 saturated carbocycles. The Bertz CT molecular complexity index is 606. The second kappa shape index (κ2) is 5.63. The topological polar surface area (TPSA) is 48.0 Å². The zero-order valence-corrected chi connectivity index (χ0v) is 13.0. The van der Waals surface area contributed by atoms with E-state index in [-0.39, 0.29) is 18.1 Å². The first-order chi connectivity index (χ1) is 10.7. The molecule has 0 radical (unpaired) electrons. The molecule has 118 valence electrons. The average Bonchev–Trinajstić information content (AvgIpc) is 3.02. The number of fused-ring (bicyclic) bond motifs is 2. The molecule has 1 aliphatic carbocycles. The quantitative estimate of drug-likeness (QED) is 0.796. The van der Waals surface area contributed by atoms with Gasteiger partial charge in [0.1, 0.15) is 13.2 Å². The van der Waals surface area contributed by atoms with Crippen molar-refractivity contribution in [2.75, 3.05) is 26.4 Å². The zero-order chi connectivity index (χ0) is 15.1. The van der Waals surface area contributed by atoms with Gasteiger partial charge < -0.3 is 19.1 Å². The highest BCUT2D eigenvalue weighted by molar-refractivity contribution is 6.32. The lowest BCUT2D eigenvalue weighted by Crippen LogP contribution is -2.51. The Labute approximate surface area is 134 Å². The highest BCUT2D eigenvalue weighted by atomic mass is 35.5. The second-order valence-electron chi connectivity index (χ2n) is 5.89. The standard InChI is InChI=1S/C16H18ClNO4/c17-11-8-10(9-14-15(11)22-7-6-21-14)16(19)18-4-5-20-13-3-1-2-12(13)18/h8-9,12-13H,1-7H2/t12-,13+/m0/s1. The van der Waals surface area contributed by atoms with Crippen molar-refractivity contribution in [3.63, 3.8) is 0 Å². The molecule has 1 saturated heterocycles. The highest BCUT2D eigenvalue weighted by Crippen LogP contribution is 2.39. The summed E-state index contributed by atoms with van der Waals surface area (Å²) in [4.78, 5) is 14.8. The fraction of sp³-hybridized carbons (Fsp3) is 0.562. The number of hydrogen-bond acceptors (Lipinski definition) is 4. The molecule has 0 spiro atoms. The molecule has 0 N–H and O–H groups in total. The van der Waals surface area contributed by atoms with E-state index in [2.05, 4.69) is 0 Å². The van der Waals surface area contributed by atoms with Crippen molar-refractivity contribution in [2.24, 2.45) is 0 Å². The molecule has 1 amide bonds. The minimum atomic E-state index is -0.000858. The van der Waals surface area contributed by atoms with E-state index in [9.17, 15) is 4.79 Å². The summed E-state index contributed by atoms with van der Waals surface area (Å²) in [7, 11) is 0. The van der Waals surface area contributed by atoms with E-state index in [0.717, 1.165) is 19.3 Å². The summed E-state index contributed by atoms with van der Waals surface area (Å²) in [6.45, 7) is 2.19. The largest absolute Gasteiger partial charge is 0.486 e. The molecule has 6 heteroatoms. The van der Waals surface area contributed by atoms with Crippen molar-refractivity contribution in [1.82, 2.24) is 4.90 Å². The van der Waals surface area contributed by atoms with Crippen LogP contribution in [-0.2, 0) is 4.74 Å². The third kappa shape index (κ3) is 2.32. The lowest BCUT2D eigenvalue weighted by Gasteiger charge is -2.37. The predicted octanol–water partition coefficient (Wildman–Crippen LogP) is 2.50. The van der Waals surface area contributed by atoms with Gasteiger partial charge >= 0.3 is 0 Å². The molecule has 2 heterocycles. The molecule has 2 atom stereocenters. The number of benzene rings is 1. The van der Waals surface area contributed by atoms with Crippen LogP contribution in [0.3, 0.4) is 0 Å². The van der Waals surface area contributed by atoms with Gasteiger partial charge in [-0.2, -0.15) is 0 Å². The number of hydrogen-bond donors (Lipinski definition) is 0. The van der Waals surface area contributed by atoms with E-state index in [4.69, 9.17) is 25.8 Å². The van der Waals surface area contributed by atoms with Gasteiger partial charge in [0, 0.05) is 12.1 Å². The van der Waals surface area contributed by atoms with Crippen LogP contribution in [0.1, 0.15) is 29.6 Å². The van der Waals surface area contributed by atoms with Crippen molar-refractivity contribution >= 4 is 17.5 Å². The summed E-state index contributed by atoms with van der Waals surface area (Å²) < 4.78 is 16.8. The van der Waals surface area contributed by atoms with E-state index in [1.165, 1.54) is 0 Å². The first kappa shape index (κ1) is 14.2. The number of nitrogens with zero attached hydrogens (tertiary/aromatic N) is 1. The molecule has 0 bridgehead atoms. The SMILES string of the molecule is O=C(c1cc(Cl)c2c(c1)OCCO2)N1CCO[C@@H]2CCC[C@@H]21. The third-order valence-corrected chi connectivity index (χ3v) is 4.87. The fourth-order valence-electron chi connectivity index (χ4n) is 3.58. The summed E-state index contributed by atoms with van der Waals surface area (Å²) >= 11 is 6.24. The molecule has 2 fully saturated rings. The van der Waals surface area contributed by atoms with Gasteiger partial charge in [-0.1, -0.05) is 11.6 Å². The lowest BCUT2D eigenvalue weighted by molar-refractivity contribution is -0.0445. The average molecular weight is 324 g/mol. The Balaban J connectivity index is 1.63. The van der Waals surface area contributed by atoms with Crippen molar-refractivity contribution in [1.29, 1.82) is 0 Å². The summed E-state index contributed by atoms with van der Waals surface area (Å²) in [5.74, 6) is 1.09. The molecule has 1 aromatic carbocycles. The van der Waals surface area contributed by atoms with Crippen LogP contribution >= 0.6 is 11.6 Å². The van der Waals surface area contributed by atoms with Crippen molar-refractivity contribution in [3.05, 3.63) is 22.7 Å². The Morgan fingerprint density at radius 1 is 1.18 bits per heavy atom. The summed E-state index contributed by atoms with van der Waals surface area (Å²) in [6, 6.07) is 3.60. The number of carbonyl (C=O) groups excluding carboxylic acids is 1. The first-order valence-corrected chi connectivity index (χ1v) is 8.13. The highest BCUT2D eigenvalue weighted by Gasteiger charge is 2.39. The van der Waals surface area contributed by atoms with Crippen molar-refractivity contribution in [2.45, 2.75) is 31.4 Å². The molecule has 0 aromatic heterocycles. The number of carbonyl (C=O) groups is 1. The zero-order valence-electron chi connectivity index (χ0n) is 12.2. The maximum Gasteiger partial charge on any atom is 0.254 e. The maximum atomic E-state index is 12.9. The van der Waals surface area contributed by atoms with Crippen LogP contribution in [0, 0.1) is 0 Å². The Kier molecular flexibility index (Phi) is 3.62. The molecular formula is C16H18ClNO4. The first-order valence-electron chi connectivity index (χ1n) is 7.76. The van der Waals surface area contributed by atoms with Crippen LogP contribution in [-0.4, -0.2) is 49.3 Å². The number of halogens is 1. The van der Waals surface area contributed by atoms with E-state index >= 15 is 0 Å². The van der Waals surface area contributed by atoms with E-state index in [0.29, 0.717) is 48.5 Å². The number of ether oxygens (including phenoxy) is 3. The van der Waals surface area contributed by atoms with Crippen LogP contribution in [0.25, 0.3) is 0 Å². The molecule has 1 aromatic rings. The normalized spacial score (nSPS) is 26.7. The van der Waals surface area contributed by atoms with Crippen LogP contribution in [0.2, 0.25) is 5.02 Å². The summed E-state index contributed by atoms with van der Waals surface area (Å²) in [5.41, 5.74) is 0.557. The molecular weight excluding hydrogens is 306 g/mol. The smallest absolute Gasteiger partial charge is 0.254 e. The van der Waals surface area contributed by atoms with Crippen LogP contribution in [0.5, 0.6) is 11.5 Å². The molecule has 3 aliphatic rings. The minimum absolute atomic E-state index is 0.000858. The third-order valence-electron chi connectivity index (χ3n) is 4.59. The molecule has 0 unspecified atom stereocenters. The molecule has 5 nitrogen and oxygen atoms in total. The Hall–Kier alpha value is -1.46. The lowest BCUT2D eigenvalue weighted by atomic mass is 10.1. The fourth-order valence-corrected chi connectivity index (χ4v) is 3.84. The van der Waals surface area contributed by atoms with E-state index in [1.807, 2.05) is 4.90 Å². The summed E-state index contributed by atoms with van der Waals surface area (Å²) in [5, 5.41) is 0.428. The van der Waals surface area contributed by atoms with Crippen LogP contribution in [0.4, 0.5) is 0 Å². The molecule has 4 rings (SSSR count). The van der Waals surface area contributed by atoms with Gasteiger partial charge in [0.15, 0.2) is 11.5 Å². The minimum Gasteiger partial charge on any atom is -0.486 e. The number of morpholine rings is 1. The van der Waals surface area contributed by atoms with Crippen molar-refractivity contribution < 1.29 is 19.0 Å². The summed E-state index contributed by atoms with van der Waals surface area (Å²) in [6.07, 6.45) is 3.34. The van der Waals surface area contributed by atoms with Crippen LogP contribution in [0.15, 0.2) is 12.1 Å². The van der Waals surface area contributed by atoms with Crippen LogP contribution < -0.4 is 9.47 Å². The van der Waals surface area contributed by atoms with Gasteiger partial charge in [-0.15, -0.1) is 0 Å². The van der Waals surface area contributed by atoms with E-state index < -0.39 is 0 Å². The maximum absolute atomic E-state index is 12.9. The van der Waals surface area contributed by atoms with Gasteiger partial charge in [-0.05, 0) is 31.4 Å². The number of amides is 1. The van der Waals surface area contributed by atoms with Gasteiger partial charge in [0.2, 0.25) is 0 Å². The Morgan fingerprint density at radius 3 is 2.95 bits per heavy atom. The second-order valence-corrected chi connectivity index (χ2v) is 6.30. The predicted molar refractivity (Wildman–Crippen MR) is 80.9 cm³/mol. The number of rotatable bonds is 1. The monoisotopic (exact) mass is 323 g/mol. The van der Waals surface area contributed by atoms with E-state index in [1.54, 1.807) is 12.1 Å². The van der Waals surface area contributed by atoms with Gasteiger partial charge in [-0.25, -0.2) is 0 Å². The van der Waals surface area contributed by atoms with Crippen molar-refractivity contribution in [3.8, 4) is 11.5 Å². The molecule has 2 aliphatic heterocycles. The molecule has 22 heavy (non-hydrogen) atoms. The Morgan fingerprint density at radius 2 is 2.05 bits per heavy atom. The van der Waals surface area contributed by atoms with Gasteiger partial charge in [-0.3, -0.25) is 4.79 Å².